The molecule has 9 nitrogen and oxygen atoms in total. The minimum absolute atomic E-state index is 0.0921. The lowest BCUT2D eigenvalue weighted by Crippen LogP contribution is -2.49. The van der Waals surface area contributed by atoms with Crippen LogP contribution in [-0.4, -0.2) is 72.1 Å². The molecule has 0 aromatic heterocycles. The fourth-order valence-electron chi connectivity index (χ4n) is 3.99. The molecule has 2 N–H and O–H groups in total. The second kappa shape index (κ2) is 12.2. The maximum atomic E-state index is 13.5. The Labute approximate surface area is 238 Å². The van der Waals surface area contributed by atoms with Crippen molar-refractivity contribution < 1.29 is 22.7 Å². The Bertz CT molecular complexity index is 1290. The molecular weight excluding hydrogens is 596 g/mol. The van der Waals surface area contributed by atoms with Crippen molar-refractivity contribution in [2.45, 2.75) is 46.4 Å². The molecule has 0 spiro atoms. The summed E-state index contributed by atoms with van der Waals surface area (Å²) >= 11 is 9.59. The minimum Gasteiger partial charge on any atom is -0.444 e. The molecule has 1 aliphatic rings. The topological polar surface area (TPSA) is 113 Å². The van der Waals surface area contributed by atoms with Crippen molar-refractivity contribution in [1.82, 2.24) is 14.1 Å². The van der Waals surface area contributed by atoms with E-state index in [2.05, 4.69) is 20.8 Å². The molecule has 2 aromatic rings. The molecule has 1 heterocycles. The molecule has 2 amide bonds. The first-order valence-corrected chi connectivity index (χ1v) is 15.1. The Balaban J connectivity index is 1.75. The second-order valence-corrected chi connectivity index (χ2v) is 13.6. The third-order valence-electron chi connectivity index (χ3n) is 6.01. The Morgan fingerprint density at radius 2 is 1.79 bits per heavy atom. The second-order valence-electron chi connectivity index (χ2n) is 10.1. The van der Waals surface area contributed by atoms with E-state index in [1.54, 1.807) is 41.3 Å². The average molecular weight is 630 g/mol. The van der Waals surface area contributed by atoms with Gasteiger partial charge in [-0.15, -0.1) is 0 Å². The fraction of sp³-hybridized carbons (Fsp3) is 0.462. The SMILES string of the molecule is CCS(=O)(=O)N(Cc1cccc(Cl)c1)C(=O)c1cc(Br)c(CN2CCN(C(=O)OC(C)(C)C)CC2)cc1N. The van der Waals surface area contributed by atoms with E-state index in [9.17, 15) is 18.0 Å². The summed E-state index contributed by atoms with van der Waals surface area (Å²) in [5, 5.41) is 0.447. The van der Waals surface area contributed by atoms with E-state index < -0.39 is 21.5 Å². The number of benzene rings is 2. The van der Waals surface area contributed by atoms with Gasteiger partial charge in [0.1, 0.15) is 5.60 Å². The normalized spacial score (nSPS) is 14.8. The largest absolute Gasteiger partial charge is 0.444 e. The van der Waals surface area contributed by atoms with E-state index in [0.29, 0.717) is 47.8 Å². The van der Waals surface area contributed by atoms with E-state index in [4.69, 9.17) is 22.1 Å². The summed E-state index contributed by atoms with van der Waals surface area (Å²) in [5.74, 6) is -0.948. The number of hydrogen-bond donors (Lipinski definition) is 1. The van der Waals surface area contributed by atoms with Crippen LogP contribution in [0.1, 0.15) is 49.2 Å². The highest BCUT2D eigenvalue weighted by Crippen LogP contribution is 2.28. The number of anilines is 1. The van der Waals surface area contributed by atoms with Crippen LogP contribution in [0.15, 0.2) is 40.9 Å². The lowest BCUT2D eigenvalue weighted by atomic mass is 10.1. The lowest BCUT2D eigenvalue weighted by molar-refractivity contribution is 0.0139. The van der Waals surface area contributed by atoms with Gasteiger partial charge in [0.2, 0.25) is 10.0 Å². The van der Waals surface area contributed by atoms with E-state index in [1.807, 2.05) is 20.8 Å². The minimum atomic E-state index is -3.89. The molecule has 1 saturated heterocycles. The van der Waals surface area contributed by atoms with E-state index in [-0.39, 0.29) is 29.6 Å². The summed E-state index contributed by atoms with van der Waals surface area (Å²) in [6, 6.07) is 9.97. The van der Waals surface area contributed by atoms with Gasteiger partial charge >= 0.3 is 6.09 Å². The van der Waals surface area contributed by atoms with Crippen molar-refractivity contribution in [3.05, 3.63) is 62.6 Å². The van der Waals surface area contributed by atoms with Gasteiger partial charge in [0.05, 0.1) is 17.9 Å². The number of ether oxygens (including phenoxy) is 1. The van der Waals surface area contributed by atoms with Crippen LogP contribution in [0.5, 0.6) is 0 Å². The number of nitrogen functional groups attached to an aromatic ring is 1. The Kier molecular flexibility index (Phi) is 9.72. The summed E-state index contributed by atoms with van der Waals surface area (Å²) in [6.45, 7) is 9.75. The summed E-state index contributed by atoms with van der Waals surface area (Å²) < 4.78 is 32.6. The van der Waals surface area contributed by atoms with Crippen molar-refractivity contribution in [2.75, 3.05) is 37.7 Å². The van der Waals surface area contributed by atoms with Crippen molar-refractivity contribution in [3.63, 3.8) is 0 Å². The number of rotatable bonds is 7. The molecule has 0 atom stereocenters. The number of carbonyl (C=O) groups excluding carboxylic acids is 2. The average Bonchev–Trinajstić information content (AvgIpc) is 2.83. The molecule has 0 bridgehead atoms. The van der Waals surface area contributed by atoms with Crippen molar-refractivity contribution in [2.24, 2.45) is 0 Å². The standard InChI is InChI=1S/C26H34BrClN4O5S/c1-5-38(35,36)32(16-18-7-6-8-20(28)13-18)24(33)21-15-22(27)19(14-23(21)29)17-30-9-11-31(12-10-30)25(34)37-26(2,3)4/h6-8,13-15H,5,9-12,16-17,29H2,1-4H3. The molecule has 2 aromatic carbocycles. The summed E-state index contributed by atoms with van der Waals surface area (Å²) in [6.07, 6.45) is -0.324. The molecule has 0 unspecified atom stereocenters. The van der Waals surface area contributed by atoms with Crippen LogP contribution in [-0.2, 0) is 27.8 Å². The number of hydrogen-bond acceptors (Lipinski definition) is 7. The Hall–Kier alpha value is -2.34. The first-order valence-electron chi connectivity index (χ1n) is 12.3. The van der Waals surface area contributed by atoms with Crippen LogP contribution < -0.4 is 5.73 Å². The predicted molar refractivity (Wildman–Crippen MR) is 152 cm³/mol. The molecule has 1 fully saturated rings. The maximum Gasteiger partial charge on any atom is 0.410 e. The Morgan fingerprint density at radius 1 is 1.13 bits per heavy atom. The van der Waals surface area contributed by atoms with Gasteiger partial charge in [-0.2, -0.15) is 0 Å². The van der Waals surface area contributed by atoms with E-state index in [1.165, 1.54) is 6.92 Å². The quantitative estimate of drug-likeness (QED) is 0.441. The first-order chi connectivity index (χ1) is 17.7. The number of nitrogens with two attached hydrogens (primary N) is 1. The van der Waals surface area contributed by atoms with Crippen LogP contribution in [0.2, 0.25) is 5.02 Å². The predicted octanol–water partition coefficient (Wildman–Crippen LogP) is 4.73. The van der Waals surface area contributed by atoms with E-state index in [0.717, 1.165) is 9.87 Å². The number of piperazine rings is 1. The van der Waals surface area contributed by atoms with Crippen LogP contribution in [0, 0.1) is 0 Å². The Morgan fingerprint density at radius 3 is 2.37 bits per heavy atom. The maximum absolute atomic E-state index is 13.5. The number of carbonyl (C=O) groups is 2. The highest BCUT2D eigenvalue weighted by atomic mass is 79.9. The zero-order chi connectivity index (χ0) is 28.3. The molecule has 0 aliphatic carbocycles. The summed E-state index contributed by atoms with van der Waals surface area (Å²) in [4.78, 5) is 29.7. The van der Waals surface area contributed by atoms with Crippen molar-refractivity contribution >= 4 is 55.2 Å². The molecule has 3 rings (SSSR count). The van der Waals surface area contributed by atoms with Crippen LogP contribution >= 0.6 is 27.5 Å². The van der Waals surface area contributed by atoms with Crippen LogP contribution in [0.25, 0.3) is 0 Å². The van der Waals surface area contributed by atoms with Gasteiger partial charge in [-0.1, -0.05) is 39.7 Å². The first kappa shape index (κ1) is 30.2. The molecule has 12 heteroatoms. The highest BCUT2D eigenvalue weighted by Gasteiger charge is 2.30. The number of nitrogens with zero attached hydrogens (tertiary/aromatic N) is 3. The fourth-order valence-corrected chi connectivity index (χ4v) is 5.68. The monoisotopic (exact) mass is 628 g/mol. The summed E-state index contributed by atoms with van der Waals surface area (Å²) in [7, 11) is -3.89. The van der Waals surface area contributed by atoms with Crippen LogP contribution in [0.4, 0.5) is 10.5 Å². The van der Waals surface area contributed by atoms with Gasteiger partial charge in [0.15, 0.2) is 0 Å². The number of halogens is 2. The lowest BCUT2D eigenvalue weighted by Gasteiger charge is -2.35. The molecular formula is C26H34BrClN4O5S. The molecule has 38 heavy (non-hydrogen) atoms. The van der Waals surface area contributed by atoms with Gasteiger partial charge in [0.25, 0.3) is 5.91 Å². The smallest absolute Gasteiger partial charge is 0.410 e. The number of amides is 2. The van der Waals surface area contributed by atoms with Gasteiger partial charge in [-0.05, 0) is 63.1 Å². The zero-order valence-corrected chi connectivity index (χ0v) is 25.2. The van der Waals surface area contributed by atoms with Gasteiger partial charge < -0.3 is 15.4 Å². The number of sulfonamides is 1. The molecule has 1 aliphatic heterocycles. The molecule has 0 radical (unpaired) electrons. The van der Waals surface area contributed by atoms with Crippen LogP contribution in [0.3, 0.4) is 0 Å². The van der Waals surface area contributed by atoms with Crippen molar-refractivity contribution in [3.8, 4) is 0 Å². The zero-order valence-electron chi connectivity index (χ0n) is 22.0. The van der Waals surface area contributed by atoms with Crippen molar-refractivity contribution in [1.29, 1.82) is 0 Å². The van der Waals surface area contributed by atoms with Gasteiger partial charge in [-0.25, -0.2) is 17.5 Å². The van der Waals surface area contributed by atoms with Gasteiger partial charge in [0, 0.05) is 47.9 Å². The summed E-state index contributed by atoms with van der Waals surface area (Å²) in [5.41, 5.74) is 7.45. The van der Waals surface area contributed by atoms with E-state index >= 15 is 0 Å². The third kappa shape index (κ3) is 7.84. The molecule has 0 saturated carbocycles. The third-order valence-corrected chi connectivity index (χ3v) is 8.68. The molecule has 208 valence electrons. The highest BCUT2D eigenvalue weighted by molar-refractivity contribution is 9.10. The van der Waals surface area contributed by atoms with Gasteiger partial charge in [-0.3, -0.25) is 9.69 Å².